The van der Waals surface area contributed by atoms with Gasteiger partial charge in [-0.1, -0.05) is 0 Å². The van der Waals surface area contributed by atoms with Gasteiger partial charge in [0.05, 0.1) is 18.0 Å². The van der Waals surface area contributed by atoms with E-state index in [-0.39, 0.29) is 29.2 Å². The normalized spacial score (nSPS) is 15.0. The molecule has 0 radical (unpaired) electrons. The number of ether oxygens (including phenoxy) is 3. The molecule has 2 aromatic rings. The molecule has 0 saturated carbocycles. The van der Waals surface area contributed by atoms with Gasteiger partial charge >= 0.3 is 12.1 Å². The SMILES string of the molecule is CCOC(=O)c1cn(N(C(=O)OC(C)(C)C)C2CCOCC2)c2ncc(Br)cc2c1=O. The van der Waals surface area contributed by atoms with Gasteiger partial charge in [0.1, 0.15) is 11.2 Å². The molecule has 1 aliphatic rings. The van der Waals surface area contributed by atoms with E-state index < -0.39 is 23.1 Å². The van der Waals surface area contributed by atoms with E-state index in [0.717, 1.165) is 0 Å². The maximum absolute atomic E-state index is 13.3. The van der Waals surface area contributed by atoms with E-state index in [0.29, 0.717) is 30.5 Å². The number of nitrogens with zero attached hydrogens (tertiary/aromatic N) is 3. The average Bonchev–Trinajstić information content (AvgIpc) is 2.69. The van der Waals surface area contributed by atoms with E-state index >= 15 is 0 Å². The van der Waals surface area contributed by atoms with E-state index in [9.17, 15) is 14.4 Å². The van der Waals surface area contributed by atoms with Gasteiger partial charge in [-0.15, -0.1) is 0 Å². The van der Waals surface area contributed by atoms with Gasteiger partial charge in [0, 0.05) is 30.1 Å². The molecule has 1 saturated heterocycles. The van der Waals surface area contributed by atoms with Gasteiger partial charge in [-0.25, -0.2) is 24.3 Å². The summed E-state index contributed by atoms with van der Waals surface area (Å²) in [4.78, 5) is 43.2. The highest BCUT2D eigenvalue weighted by molar-refractivity contribution is 9.10. The van der Waals surface area contributed by atoms with Crippen molar-refractivity contribution in [3.05, 3.63) is 38.7 Å². The topological polar surface area (TPSA) is 100.0 Å². The van der Waals surface area contributed by atoms with Crippen LogP contribution in [0.15, 0.2) is 27.7 Å². The molecule has 31 heavy (non-hydrogen) atoms. The van der Waals surface area contributed by atoms with Crippen LogP contribution in [0.25, 0.3) is 11.0 Å². The lowest BCUT2D eigenvalue weighted by Gasteiger charge is -2.36. The summed E-state index contributed by atoms with van der Waals surface area (Å²) in [6.45, 7) is 8.05. The Kier molecular flexibility index (Phi) is 7.00. The lowest BCUT2D eigenvalue weighted by Crippen LogP contribution is -2.52. The second-order valence-electron chi connectivity index (χ2n) is 8.13. The summed E-state index contributed by atoms with van der Waals surface area (Å²) >= 11 is 3.32. The van der Waals surface area contributed by atoms with Crippen molar-refractivity contribution in [2.75, 3.05) is 24.8 Å². The van der Waals surface area contributed by atoms with Crippen molar-refractivity contribution in [2.24, 2.45) is 0 Å². The van der Waals surface area contributed by atoms with Crippen LogP contribution >= 0.6 is 15.9 Å². The molecule has 3 heterocycles. The van der Waals surface area contributed by atoms with Crippen molar-refractivity contribution in [2.45, 2.75) is 52.2 Å². The Bertz CT molecular complexity index is 1040. The summed E-state index contributed by atoms with van der Waals surface area (Å²) in [5.74, 6) is -0.765. The molecule has 0 aliphatic carbocycles. The summed E-state index contributed by atoms with van der Waals surface area (Å²) in [5, 5.41) is 1.60. The Morgan fingerprint density at radius 2 is 2.00 bits per heavy atom. The lowest BCUT2D eigenvalue weighted by molar-refractivity contribution is 0.0415. The quantitative estimate of drug-likeness (QED) is 0.599. The van der Waals surface area contributed by atoms with E-state index in [1.807, 2.05) is 0 Å². The molecular formula is C21H26BrN3O6. The van der Waals surface area contributed by atoms with Crippen LogP contribution in [0, 0.1) is 0 Å². The van der Waals surface area contributed by atoms with Crippen LogP contribution in [-0.2, 0) is 14.2 Å². The van der Waals surface area contributed by atoms with Crippen molar-refractivity contribution in [3.8, 4) is 0 Å². The van der Waals surface area contributed by atoms with E-state index in [1.165, 1.54) is 22.1 Å². The highest BCUT2D eigenvalue weighted by Gasteiger charge is 2.33. The number of esters is 1. The minimum atomic E-state index is -0.765. The van der Waals surface area contributed by atoms with Gasteiger partial charge in [0.25, 0.3) is 0 Å². The second-order valence-corrected chi connectivity index (χ2v) is 9.05. The summed E-state index contributed by atoms with van der Waals surface area (Å²) in [6.07, 6.45) is 3.36. The number of pyridine rings is 2. The number of halogens is 1. The fraction of sp³-hybridized carbons (Fsp3) is 0.524. The molecule has 168 valence electrons. The van der Waals surface area contributed by atoms with E-state index in [4.69, 9.17) is 14.2 Å². The van der Waals surface area contributed by atoms with Crippen molar-refractivity contribution in [1.29, 1.82) is 0 Å². The number of carbonyl (C=O) groups excluding carboxylic acids is 2. The Balaban J connectivity index is 2.25. The summed E-state index contributed by atoms with van der Waals surface area (Å²) in [5.41, 5.74) is -1.21. The zero-order chi connectivity index (χ0) is 22.8. The molecule has 9 nitrogen and oxygen atoms in total. The van der Waals surface area contributed by atoms with Crippen LogP contribution in [0.2, 0.25) is 0 Å². The minimum Gasteiger partial charge on any atom is -0.462 e. The van der Waals surface area contributed by atoms with Crippen molar-refractivity contribution in [3.63, 3.8) is 0 Å². The molecule has 0 bridgehead atoms. The number of carbonyl (C=O) groups is 2. The molecule has 0 atom stereocenters. The predicted molar refractivity (Wildman–Crippen MR) is 118 cm³/mol. The molecule has 3 rings (SSSR count). The summed E-state index contributed by atoms with van der Waals surface area (Å²) in [6, 6.07) is 1.30. The molecule has 0 spiro atoms. The molecule has 0 unspecified atom stereocenters. The van der Waals surface area contributed by atoms with E-state index in [1.54, 1.807) is 33.8 Å². The average molecular weight is 496 g/mol. The van der Waals surface area contributed by atoms with Crippen LogP contribution in [0.1, 0.15) is 50.9 Å². The first-order chi connectivity index (χ1) is 14.6. The molecule has 1 amide bonds. The third-order valence-corrected chi connectivity index (χ3v) is 5.07. The number of hydrogen-bond donors (Lipinski definition) is 0. The highest BCUT2D eigenvalue weighted by Crippen LogP contribution is 2.22. The standard InChI is InChI=1S/C21H26BrN3O6/c1-5-30-19(27)16-12-24(18-15(17(16)26)10-13(22)11-23-18)25(14-6-8-29-9-7-14)20(28)31-21(2,3)4/h10-12,14H,5-9H2,1-4H3. The Hall–Kier alpha value is -2.46. The maximum atomic E-state index is 13.3. The Morgan fingerprint density at radius 3 is 2.61 bits per heavy atom. The van der Waals surface area contributed by atoms with Crippen LogP contribution < -0.4 is 10.4 Å². The largest absolute Gasteiger partial charge is 0.462 e. The lowest BCUT2D eigenvalue weighted by atomic mass is 10.1. The van der Waals surface area contributed by atoms with Gasteiger partial charge in [-0.3, -0.25) is 4.79 Å². The monoisotopic (exact) mass is 495 g/mol. The fourth-order valence-electron chi connectivity index (χ4n) is 3.34. The Morgan fingerprint density at radius 1 is 1.32 bits per heavy atom. The van der Waals surface area contributed by atoms with Crippen molar-refractivity contribution in [1.82, 2.24) is 9.66 Å². The van der Waals surface area contributed by atoms with Crippen LogP contribution in [0.5, 0.6) is 0 Å². The van der Waals surface area contributed by atoms with Crippen LogP contribution in [-0.4, -0.2) is 53.2 Å². The summed E-state index contributed by atoms with van der Waals surface area (Å²) < 4.78 is 18.2. The zero-order valence-electron chi connectivity index (χ0n) is 18.0. The maximum Gasteiger partial charge on any atom is 0.429 e. The first-order valence-corrected chi connectivity index (χ1v) is 10.9. The molecule has 10 heteroatoms. The molecule has 1 fully saturated rings. The highest BCUT2D eigenvalue weighted by atomic mass is 79.9. The van der Waals surface area contributed by atoms with Crippen molar-refractivity contribution < 1.29 is 23.8 Å². The minimum absolute atomic E-state index is 0.114. The first-order valence-electron chi connectivity index (χ1n) is 10.1. The predicted octanol–water partition coefficient (Wildman–Crippen LogP) is 3.39. The third kappa shape index (κ3) is 5.24. The fourth-order valence-corrected chi connectivity index (χ4v) is 3.67. The zero-order valence-corrected chi connectivity index (χ0v) is 19.6. The van der Waals surface area contributed by atoms with Crippen LogP contribution in [0.4, 0.5) is 4.79 Å². The number of aromatic nitrogens is 2. The Labute approximate surface area is 188 Å². The molecule has 2 aromatic heterocycles. The third-order valence-electron chi connectivity index (χ3n) is 4.64. The molecular weight excluding hydrogens is 470 g/mol. The molecule has 0 aromatic carbocycles. The number of rotatable bonds is 4. The van der Waals surface area contributed by atoms with Crippen molar-refractivity contribution >= 4 is 39.0 Å². The van der Waals surface area contributed by atoms with Gasteiger partial charge in [0.2, 0.25) is 5.43 Å². The number of hydrogen-bond acceptors (Lipinski definition) is 7. The summed E-state index contributed by atoms with van der Waals surface area (Å²) in [7, 11) is 0. The number of amides is 1. The first kappa shape index (κ1) is 23.2. The van der Waals surface area contributed by atoms with Gasteiger partial charge < -0.3 is 14.2 Å². The van der Waals surface area contributed by atoms with E-state index in [2.05, 4.69) is 20.9 Å². The molecule has 0 N–H and O–H groups in total. The smallest absolute Gasteiger partial charge is 0.429 e. The van der Waals surface area contributed by atoms with Gasteiger partial charge in [-0.05, 0) is 62.5 Å². The second kappa shape index (κ2) is 9.35. The van der Waals surface area contributed by atoms with Crippen LogP contribution in [0.3, 0.4) is 0 Å². The van der Waals surface area contributed by atoms with Gasteiger partial charge in [0.15, 0.2) is 5.65 Å². The molecule has 1 aliphatic heterocycles. The number of fused-ring (bicyclic) bond motifs is 1. The van der Waals surface area contributed by atoms with Gasteiger partial charge in [-0.2, -0.15) is 0 Å².